The van der Waals surface area contributed by atoms with E-state index in [-0.39, 0.29) is 5.56 Å². The van der Waals surface area contributed by atoms with Gasteiger partial charge in [-0.15, -0.1) is 6.40 Å². The number of likely N-dealkylation sites (N-methyl/N-ethyl adjacent to an activating group) is 1. The minimum atomic E-state index is -3.59. The van der Waals surface area contributed by atoms with E-state index in [2.05, 4.69) is 0 Å². The molecule has 0 unspecified atom stereocenters. The second-order valence-electron chi connectivity index (χ2n) is 2.41. The fraction of sp³-hybridized carbons (Fsp3) is 0.385. The average Bonchev–Trinajstić information content (AvgIpc) is 2.44. The third-order valence-corrected chi connectivity index (χ3v) is 1.43. The summed E-state index contributed by atoms with van der Waals surface area (Å²) in [6.45, 7) is -10.4. The summed E-state index contributed by atoms with van der Waals surface area (Å²) in [6, 6.07) is 3.06. The highest BCUT2D eigenvalue weighted by molar-refractivity contribution is 5.15. The van der Waals surface area contributed by atoms with Crippen LogP contribution >= 0.6 is 0 Å². The first-order valence-electron chi connectivity index (χ1n) is 9.83. The van der Waals surface area contributed by atoms with Gasteiger partial charge in [-0.25, -0.2) is 0 Å². The van der Waals surface area contributed by atoms with Crippen LogP contribution in [0, 0.1) is 12.3 Å². The van der Waals surface area contributed by atoms with Crippen LogP contribution in [0.25, 0.3) is 0 Å². The Morgan fingerprint density at radius 1 is 1.71 bits per heavy atom. The number of benzene rings is 1. The maximum absolute atomic E-state index is 8.42. The van der Waals surface area contributed by atoms with Crippen LogP contribution in [0.3, 0.4) is 0 Å². The number of terminal acetylenes is 1. The average molecular weight is 199 g/mol. The topological polar surface area (TPSA) is 3.24 Å². The Bertz CT molecular complexity index is 681. The van der Waals surface area contributed by atoms with E-state index in [1.54, 1.807) is 5.92 Å². The summed E-state index contributed by atoms with van der Waals surface area (Å²) in [5, 5.41) is 0. The van der Waals surface area contributed by atoms with Crippen LogP contribution in [0.2, 0.25) is 0 Å². The smallest absolute Gasteiger partial charge is 0.124 e. The molecule has 0 radical (unpaired) electrons. The molecule has 0 aliphatic carbocycles. The van der Waals surface area contributed by atoms with E-state index in [0.29, 0.717) is 0 Å². The van der Waals surface area contributed by atoms with Crippen LogP contribution in [0.1, 0.15) is 28.9 Å². The maximum atomic E-state index is 8.42. The molecule has 0 bridgehead atoms. The van der Waals surface area contributed by atoms with Gasteiger partial charge >= 0.3 is 0 Å². The lowest BCUT2D eigenvalue weighted by atomic mass is 10.1. The predicted octanol–water partition coefficient (Wildman–Crippen LogP) is 2.18. The van der Waals surface area contributed by atoms with Gasteiger partial charge < -0.3 is 0 Å². The molecule has 0 N–H and O–H groups in total. The van der Waals surface area contributed by atoms with Gasteiger partial charge in [0.2, 0.25) is 0 Å². The Kier molecular flexibility index (Phi) is 1.12. The van der Waals surface area contributed by atoms with Crippen molar-refractivity contribution in [3.63, 3.8) is 0 Å². The van der Waals surface area contributed by atoms with Crippen molar-refractivity contribution >= 4 is 0 Å². The highest BCUT2D eigenvalue weighted by Gasteiger charge is 2.07. The normalized spacial score (nSPS) is 30.6. The fourth-order valence-electron chi connectivity index (χ4n) is 0.826. The third kappa shape index (κ3) is 3.24. The zero-order chi connectivity index (χ0) is 20.6. The molecule has 0 aliphatic heterocycles. The standard InChI is InChI=1S/C13H17N/c1-4-10-14(3)12(2)11-13-8-6-5-7-9-13/h1,5-9,12H,10-11H2,2-3H3/t12-/m1/s1/i1D,2D3,3D3,10D2,11D2,12D. The van der Waals surface area contributed by atoms with Crippen LogP contribution in [-0.4, -0.2) is 24.4 Å². The Morgan fingerprint density at radius 3 is 3.21 bits per heavy atom. The van der Waals surface area contributed by atoms with Crippen LogP contribution in [-0.2, 0) is 6.37 Å². The maximum Gasteiger partial charge on any atom is 0.124 e. The molecule has 0 fully saturated rings. The number of hydrogen-bond acceptors (Lipinski definition) is 1. The van der Waals surface area contributed by atoms with E-state index in [9.17, 15) is 0 Å². The minimum absolute atomic E-state index is 0.310. The molecule has 1 atom stereocenters. The first kappa shape index (κ1) is 2.87. The van der Waals surface area contributed by atoms with Crippen molar-refractivity contribution < 1.29 is 16.4 Å². The molecule has 0 saturated carbocycles. The van der Waals surface area contributed by atoms with Crippen molar-refractivity contribution in [2.45, 2.75) is 19.2 Å². The van der Waals surface area contributed by atoms with Crippen molar-refractivity contribution in [2.75, 3.05) is 13.5 Å². The van der Waals surface area contributed by atoms with Crippen molar-refractivity contribution in [3.8, 4) is 12.3 Å². The van der Waals surface area contributed by atoms with E-state index in [4.69, 9.17) is 16.4 Å². The molecule has 0 amide bonds. The molecule has 1 rings (SSSR count). The highest BCUT2D eigenvalue weighted by atomic mass is 15.1. The lowest BCUT2D eigenvalue weighted by Gasteiger charge is -2.22. The summed E-state index contributed by atoms with van der Waals surface area (Å²) < 4.78 is 93.1. The van der Waals surface area contributed by atoms with Crippen LogP contribution in [0.15, 0.2) is 30.3 Å². The molecule has 0 spiro atoms. The zero-order valence-electron chi connectivity index (χ0n) is 19.3. The summed E-state index contributed by atoms with van der Waals surface area (Å²) in [4.78, 5) is -0.394. The van der Waals surface area contributed by atoms with E-state index < -0.39 is 37.6 Å². The molecule has 14 heavy (non-hydrogen) atoms. The molecule has 0 aliphatic rings. The molecular weight excluding hydrogens is 170 g/mol. The monoisotopic (exact) mass is 199 g/mol. The predicted molar refractivity (Wildman–Crippen MR) is 61.1 cm³/mol. The van der Waals surface area contributed by atoms with Crippen LogP contribution in [0.5, 0.6) is 0 Å². The van der Waals surface area contributed by atoms with Gasteiger partial charge in [0.25, 0.3) is 0 Å². The van der Waals surface area contributed by atoms with Crippen LogP contribution < -0.4 is 0 Å². The number of hydrogen-bond donors (Lipinski definition) is 0. The molecule has 0 aromatic heterocycles. The summed E-state index contributed by atoms with van der Waals surface area (Å²) in [7, 11) is 0. The highest BCUT2D eigenvalue weighted by Crippen LogP contribution is 2.06. The van der Waals surface area contributed by atoms with Crippen LogP contribution in [0.4, 0.5) is 0 Å². The summed E-state index contributed by atoms with van der Waals surface area (Å²) >= 11 is 0. The van der Waals surface area contributed by atoms with Gasteiger partial charge in [0.1, 0.15) is 1.37 Å². The minimum Gasteiger partial charge on any atom is -0.292 e. The van der Waals surface area contributed by atoms with Gasteiger partial charge in [-0.1, -0.05) is 36.3 Å². The van der Waals surface area contributed by atoms with Crippen molar-refractivity contribution in [1.82, 2.24) is 4.90 Å². The molecule has 1 nitrogen and oxygen atoms in total. The Labute approximate surface area is 104 Å². The quantitative estimate of drug-likeness (QED) is 0.672. The van der Waals surface area contributed by atoms with E-state index in [0.717, 1.165) is 0 Å². The van der Waals surface area contributed by atoms with Gasteiger partial charge in [-0.05, 0) is 25.8 Å². The Hall–Kier alpha value is -1.26. The number of nitrogens with zero attached hydrogens (tertiary/aromatic N) is 1. The van der Waals surface area contributed by atoms with Gasteiger partial charge in [-0.2, -0.15) is 0 Å². The Morgan fingerprint density at radius 2 is 2.57 bits per heavy atom. The molecule has 1 heteroatoms. The number of rotatable bonds is 4. The largest absolute Gasteiger partial charge is 0.292 e. The zero-order valence-corrected chi connectivity index (χ0v) is 7.33. The summed E-state index contributed by atoms with van der Waals surface area (Å²) in [5.41, 5.74) is -0.310. The molecule has 1 aromatic carbocycles. The SMILES string of the molecule is [2H]C#CC([2H])([2H])N(C([2H])([2H])[2H])[C@]([2H])(C([2H])([2H])[2H])C([2H])([2H])c1ccccc1. The Balaban J connectivity index is 3.88. The molecular formula is C13H17N. The van der Waals surface area contributed by atoms with E-state index >= 15 is 0 Å². The summed E-state index contributed by atoms with van der Waals surface area (Å²) in [5.74, 6) is 1.61. The fourth-order valence-corrected chi connectivity index (χ4v) is 0.826. The molecule has 0 saturated heterocycles. The van der Waals surface area contributed by atoms with Gasteiger partial charge in [0, 0.05) is 18.4 Å². The van der Waals surface area contributed by atoms with Crippen molar-refractivity contribution in [1.29, 1.82) is 0 Å². The molecule has 1 aromatic rings. The van der Waals surface area contributed by atoms with E-state index in [1.807, 2.05) is 0 Å². The molecule has 0 heterocycles. The second-order valence-corrected chi connectivity index (χ2v) is 2.41. The van der Waals surface area contributed by atoms with E-state index in [1.165, 1.54) is 36.7 Å². The first-order chi connectivity index (χ1) is 11.5. The first-order valence-corrected chi connectivity index (χ1v) is 3.83. The lowest BCUT2D eigenvalue weighted by Crippen LogP contribution is -2.31. The molecule has 74 valence electrons. The van der Waals surface area contributed by atoms with Gasteiger partial charge in [0.05, 0.1) is 9.24 Å². The van der Waals surface area contributed by atoms with Gasteiger partial charge in [0.15, 0.2) is 0 Å². The second kappa shape index (κ2) is 5.47. The van der Waals surface area contributed by atoms with Crippen molar-refractivity contribution in [2.24, 2.45) is 0 Å². The van der Waals surface area contributed by atoms with Crippen molar-refractivity contribution in [3.05, 3.63) is 35.9 Å². The summed E-state index contributed by atoms with van der Waals surface area (Å²) in [6.07, 6.45) is -1.71. The lowest BCUT2D eigenvalue weighted by molar-refractivity contribution is 0.287. The van der Waals surface area contributed by atoms with Gasteiger partial charge in [-0.3, -0.25) is 4.90 Å². The third-order valence-electron chi connectivity index (χ3n) is 1.43.